The lowest BCUT2D eigenvalue weighted by Gasteiger charge is -1.98. The molecule has 0 saturated heterocycles. The van der Waals surface area contributed by atoms with Crippen LogP contribution in [0.1, 0.15) is 0 Å². The van der Waals surface area contributed by atoms with Crippen molar-refractivity contribution in [1.82, 2.24) is 0 Å². The molecule has 4 nitrogen and oxygen atoms in total. The van der Waals surface area contributed by atoms with E-state index in [1.54, 1.807) is 0 Å². The Hall–Kier alpha value is -1.09. The Morgan fingerprint density at radius 2 is 1.72 bits per heavy atom. The Morgan fingerprint density at radius 3 is 2.22 bits per heavy atom. The first kappa shape index (κ1) is 13.3. The van der Waals surface area contributed by atoms with Crippen LogP contribution in [0.2, 0.25) is 0 Å². The molecule has 0 aliphatic heterocycles. The molecular formula is C10H8FNO3S3. The molecule has 0 spiro atoms. The smallest absolute Gasteiger partial charge is 0.247 e. The highest BCUT2D eigenvalue weighted by molar-refractivity contribution is 7.92. The van der Waals surface area contributed by atoms with Crippen molar-refractivity contribution in [2.75, 3.05) is 0 Å². The molecule has 1 heterocycles. The van der Waals surface area contributed by atoms with E-state index in [4.69, 9.17) is 5.14 Å². The summed E-state index contributed by atoms with van der Waals surface area (Å²) >= 11 is 0.840. The van der Waals surface area contributed by atoms with Gasteiger partial charge in [-0.1, -0.05) is 0 Å². The van der Waals surface area contributed by atoms with Crippen LogP contribution in [0.15, 0.2) is 49.7 Å². The highest BCUT2D eigenvalue weighted by Crippen LogP contribution is 2.26. The minimum absolute atomic E-state index is 0.0482. The van der Waals surface area contributed by atoms with Crippen molar-refractivity contribution >= 4 is 32.2 Å². The molecule has 0 radical (unpaired) electrons. The summed E-state index contributed by atoms with van der Waals surface area (Å²) in [6, 6.07) is 7.91. The van der Waals surface area contributed by atoms with E-state index in [1.807, 2.05) is 0 Å². The van der Waals surface area contributed by atoms with Gasteiger partial charge < -0.3 is 0 Å². The molecule has 2 N–H and O–H groups in total. The number of hydrogen-bond donors (Lipinski definition) is 1. The number of thiophene rings is 1. The van der Waals surface area contributed by atoms with Crippen LogP contribution in [-0.4, -0.2) is 12.6 Å². The summed E-state index contributed by atoms with van der Waals surface area (Å²) < 4.78 is 47.3. The summed E-state index contributed by atoms with van der Waals surface area (Å²) in [6.45, 7) is 0. The lowest BCUT2D eigenvalue weighted by molar-refractivity contribution is 0.599. The fraction of sp³-hybridized carbons (Fsp3) is 0. The summed E-state index contributed by atoms with van der Waals surface area (Å²) in [5.74, 6) is -0.424. The van der Waals surface area contributed by atoms with Crippen LogP contribution < -0.4 is 5.14 Å². The first-order valence-corrected chi connectivity index (χ1v) is 8.19. The largest absolute Gasteiger partial charge is 0.248 e. The molecule has 0 bridgehead atoms. The molecule has 0 aliphatic rings. The first-order chi connectivity index (χ1) is 8.38. The Bertz CT molecular complexity index is 691. The highest BCUT2D eigenvalue weighted by Gasteiger charge is 2.15. The van der Waals surface area contributed by atoms with E-state index in [9.17, 15) is 17.0 Å². The molecule has 1 aromatic carbocycles. The van der Waals surface area contributed by atoms with Gasteiger partial charge in [0.25, 0.3) is 0 Å². The van der Waals surface area contributed by atoms with Crippen molar-refractivity contribution in [3.05, 3.63) is 42.2 Å². The zero-order chi connectivity index (χ0) is 13.3. The monoisotopic (exact) mass is 305 g/mol. The molecule has 1 atom stereocenters. The van der Waals surface area contributed by atoms with Gasteiger partial charge in [0.2, 0.25) is 10.0 Å². The van der Waals surface area contributed by atoms with Gasteiger partial charge in [0.15, 0.2) is 0 Å². The van der Waals surface area contributed by atoms with Crippen molar-refractivity contribution in [3.63, 3.8) is 0 Å². The third-order valence-corrected chi connectivity index (χ3v) is 6.27. The third-order valence-electron chi connectivity index (χ3n) is 2.05. The highest BCUT2D eigenvalue weighted by atomic mass is 32.3. The average Bonchev–Trinajstić information content (AvgIpc) is 2.78. The van der Waals surface area contributed by atoms with Crippen LogP contribution in [-0.2, 0) is 20.8 Å². The molecule has 1 unspecified atom stereocenters. The maximum Gasteiger partial charge on any atom is 0.247 e. The molecular weight excluding hydrogens is 297 g/mol. The summed E-state index contributed by atoms with van der Waals surface area (Å²) in [5, 5.41) is 4.96. The van der Waals surface area contributed by atoms with Crippen LogP contribution in [0.5, 0.6) is 0 Å². The standard InChI is InChI=1S/C10H8FNO3S3/c11-7-1-3-8(4-2-7)17(13)9-5-6-10(16-9)18(12,14)15/h1-6H,(H2,12,14,15). The normalized spacial score (nSPS) is 13.4. The van der Waals surface area contributed by atoms with Gasteiger partial charge in [-0.25, -0.2) is 22.2 Å². The van der Waals surface area contributed by atoms with Crippen LogP contribution in [0.4, 0.5) is 4.39 Å². The third kappa shape index (κ3) is 2.83. The Morgan fingerprint density at radius 1 is 1.11 bits per heavy atom. The average molecular weight is 305 g/mol. The van der Waals surface area contributed by atoms with Gasteiger partial charge in [0.05, 0.1) is 15.0 Å². The van der Waals surface area contributed by atoms with Crippen LogP contribution in [0.25, 0.3) is 0 Å². The van der Waals surface area contributed by atoms with Gasteiger partial charge >= 0.3 is 0 Å². The number of primary sulfonamides is 1. The van der Waals surface area contributed by atoms with Crippen molar-refractivity contribution in [1.29, 1.82) is 0 Å². The number of sulfonamides is 1. The van der Waals surface area contributed by atoms with E-state index in [1.165, 1.54) is 36.4 Å². The van der Waals surface area contributed by atoms with Crippen molar-refractivity contribution < 1.29 is 17.0 Å². The summed E-state index contributed by atoms with van der Waals surface area (Å²) in [4.78, 5) is 0.402. The van der Waals surface area contributed by atoms with Crippen LogP contribution in [0, 0.1) is 5.82 Å². The van der Waals surface area contributed by atoms with Gasteiger partial charge in [-0.2, -0.15) is 0 Å². The van der Waals surface area contributed by atoms with Gasteiger partial charge in [-0.3, -0.25) is 0 Å². The predicted molar refractivity (Wildman–Crippen MR) is 66.8 cm³/mol. The second-order valence-corrected chi connectivity index (χ2v) is 7.92. The van der Waals surface area contributed by atoms with Gasteiger partial charge in [-0.15, -0.1) is 11.3 Å². The molecule has 2 rings (SSSR count). The molecule has 18 heavy (non-hydrogen) atoms. The molecule has 8 heteroatoms. The zero-order valence-corrected chi connectivity index (χ0v) is 11.3. The minimum Gasteiger partial charge on any atom is -0.248 e. The lowest BCUT2D eigenvalue weighted by Crippen LogP contribution is -2.09. The summed E-state index contributed by atoms with van der Waals surface area (Å²) in [5.41, 5.74) is 0. The quantitative estimate of drug-likeness (QED) is 0.937. The van der Waals surface area contributed by atoms with E-state index >= 15 is 0 Å². The first-order valence-electron chi connectivity index (χ1n) is 4.68. The number of hydrogen-bond acceptors (Lipinski definition) is 4. The van der Waals surface area contributed by atoms with E-state index < -0.39 is 26.6 Å². The SMILES string of the molecule is NS(=O)(=O)c1ccc(S(=O)c2ccc(F)cc2)s1. The fourth-order valence-electron chi connectivity index (χ4n) is 1.23. The number of nitrogens with two attached hydrogens (primary N) is 1. The van der Waals surface area contributed by atoms with Gasteiger partial charge in [0.1, 0.15) is 10.0 Å². The Labute approximate surface area is 110 Å². The second-order valence-electron chi connectivity index (χ2n) is 3.34. The maximum atomic E-state index is 12.7. The summed E-state index contributed by atoms with van der Waals surface area (Å²) in [7, 11) is -5.32. The molecule has 1 aromatic heterocycles. The van der Waals surface area contributed by atoms with Gasteiger partial charge in [-0.05, 0) is 36.4 Å². The predicted octanol–water partition coefficient (Wildman–Crippen LogP) is 1.70. The number of rotatable bonds is 3. The second kappa shape index (κ2) is 4.88. The molecule has 2 aromatic rings. The molecule has 0 amide bonds. The molecule has 96 valence electrons. The van der Waals surface area contributed by atoms with E-state index in [2.05, 4.69) is 0 Å². The van der Waals surface area contributed by atoms with Crippen molar-refractivity contribution in [3.8, 4) is 0 Å². The van der Waals surface area contributed by atoms with Crippen LogP contribution in [0.3, 0.4) is 0 Å². The Kier molecular flexibility index (Phi) is 3.62. The van der Waals surface area contributed by atoms with E-state index in [-0.39, 0.29) is 4.21 Å². The topological polar surface area (TPSA) is 77.2 Å². The fourth-order valence-corrected chi connectivity index (χ4v) is 4.52. The number of halogens is 1. The Balaban J connectivity index is 2.35. The number of benzene rings is 1. The van der Waals surface area contributed by atoms with Gasteiger partial charge in [0, 0.05) is 4.90 Å². The lowest BCUT2D eigenvalue weighted by atomic mass is 10.4. The zero-order valence-electron chi connectivity index (χ0n) is 8.87. The summed E-state index contributed by atoms with van der Waals surface area (Å²) in [6.07, 6.45) is 0. The van der Waals surface area contributed by atoms with Crippen LogP contribution >= 0.6 is 11.3 Å². The maximum absolute atomic E-state index is 12.7. The molecule has 0 aliphatic carbocycles. The van der Waals surface area contributed by atoms with E-state index in [0.717, 1.165) is 11.3 Å². The minimum atomic E-state index is -3.78. The molecule has 0 fully saturated rings. The van der Waals surface area contributed by atoms with Crippen molar-refractivity contribution in [2.45, 2.75) is 13.3 Å². The van der Waals surface area contributed by atoms with E-state index in [0.29, 0.717) is 9.10 Å². The van der Waals surface area contributed by atoms with Crippen molar-refractivity contribution in [2.24, 2.45) is 5.14 Å². The molecule has 0 saturated carbocycles.